The number of nitrogens with one attached hydrogen (secondary N) is 2. The van der Waals surface area contributed by atoms with Crippen molar-refractivity contribution in [1.82, 2.24) is 10.9 Å². The molecule has 2 amide bonds. The van der Waals surface area contributed by atoms with Gasteiger partial charge >= 0.3 is 0 Å². The van der Waals surface area contributed by atoms with Gasteiger partial charge in [0.15, 0.2) is 0 Å². The zero-order chi connectivity index (χ0) is 24.5. The minimum absolute atomic E-state index is 0.374. The van der Waals surface area contributed by atoms with E-state index >= 15 is 0 Å². The Balaban J connectivity index is 1.64. The highest BCUT2D eigenvalue weighted by molar-refractivity contribution is 6.31. The van der Waals surface area contributed by atoms with Crippen LogP contribution in [0.25, 0.3) is 0 Å². The third-order valence-electron chi connectivity index (χ3n) is 5.02. The highest BCUT2D eigenvalue weighted by Gasteiger charge is 2.10. The Kier molecular flexibility index (Phi) is 8.96. The van der Waals surface area contributed by atoms with Crippen molar-refractivity contribution in [2.75, 3.05) is 0 Å². The Hall–Kier alpha value is -3.48. The van der Waals surface area contributed by atoms with E-state index in [1.54, 1.807) is 48.5 Å². The lowest BCUT2D eigenvalue weighted by Gasteiger charge is -2.07. The summed E-state index contributed by atoms with van der Waals surface area (Å²) in [4.78, 5) is 25.0. The van der Waals surface area contributed by atoms with E-state index in [4.69, 9.17) is 23.2 Å². The van der Waals surface area contributed by atoms with Gasteiger partial charge in [-0.15, -0.1) is 0 Å². The van der Waals surface area contributed by atoms with Gasteiger partial charge < -0.3 is 0 Å². The molecule has 34 heavy (non-hydrogen) atoms. The SMILES string of the molecule is CC/C(=N\NC(=O)c1ccc(C(=O)N/N=C(\CC)c2ccc(Cl)cc2)cc1)c1ccc(Cl)cc1. The molecule has 6 nitrogen and oxygen atoms in total. The number of halogens is 2. The Morgan fingerprint density at radius 1 is 0.588 bits per heavy atom. The van der Waals surface area contributed by atoms with Crippen molar-refractivity contribution in [3.8, 4) is 0 Å². The first-order valence-corrected chi connectivity index (χ1v) is 11.5. The summed E-state index contributed by atoms with van der Waals surface area (Å²) in [6.45, 7) is 3.90. The average molecular weight is 495 g/mol. The zero-order valence-corrected chi connectivity index (χ0v) is 20.3. The van der Waals surface area contributed by atoms with Crippen LogP contribution in [0.15, 0.2) is 83.0 Å². The number of hydrazone groups is 2. The fourth-order valence-electron chi connectivity index (χ4n) is 3.12. The fourth-order valence-corrected chi connectivity index (χ4v) is 3.37. The van der Waals surface area contributed by atoms with Crippen LogP contribution in [0.1, 0.15) is 58.5 Å². The normalized spacial score (nSPS) is 11.8. The van der Waals surface area contributed by atoms with Crippen molar-refractivity contribution >= 4 is 46.4 Å². The summed E-state index contributed by atoms with van der Waals surface area (Å²) in [5.74, 6) is -0.748. The van der Waals surface area contributed by atoms with Crippen LogP contribution in [-0.4, -0.2) is 23.2 Å². The molecule has 0 aliphatic carbocycles. The lowest BCUT2D eigenvalue weighted by atomic mass is 10.1. The second kappa shape index (κ2) is 12.1. The van der Waals surface area contributed by atoms with Gasteiger partial charge in [0.25, 0.3) is 11.8 Å². The van der Waals surface area contributed by atoms with Gasteiger partial charge in [0.05, 0.1) is 11.4 Å². The van der Waals surface area contributed by atoms with Crippen LogP contribution in [0.4, 0.5) is 0 Å². The van der Waals surface area contributed by atoms with Gasteiger partial charge in [-0.25, -0.2) is 10.9 Å². The largest absolute Gasteiger partial charge is 0.271 e. The van der Waals surface area contributed by atoms with Gasteiger partial charge in [0.2, 0.25) is 0 Å². The molecular weight excluding hydrogens is 471 g/mol. The highest BCUT2D eigenvalue weighted by Crippen LogP contribution is 2.13. The third-order valence-corrected chi connectivity index (χ3v) is 5.52. The molecule has 3 aromatic rings. The van der Waals surface area contributed by atoms with Crippen molar-refractivity contribution < 1.29 is 9.59 Å². The Bertz CT molecular complexity index is 1110. The number of amides is 2. The van der Waals surface area contributed by atoms with Crippen LogP contribution >= 0.6 is 23.2 Å². The van der Waals surface area contributed by atoms with Gasteiger partial charge in [0, 0.05) is 21.2 Å². The predicted octanol–water partition coefficient (Wildman–Crippen LogP) is 6.08. The van der Waals surface area contributed by atoms with Crippen LogP contribution in [0.5, 0.6) is 0 Å². The summed E-state index contributed by atoms with van der Waals surface area (Å²) in [6.07, 6.45) is 1.27. The quantitative estimate of drug-likeness (QED) is 0.293. The molecule has 174 valence electrons. The minimum atomic E-state index is -0.374. The Morgan fingerprint density at radius 2 is 0.882 bits per heavy atom. The summed E-state index contributed by atoms with van der Waals surface area (Å²) >= 11 is 11.9. The van der Waals surface area contributed by atoms with E-state index in [1.165, 1.54) is 0 Å². The maximum absolute atomic E-state index is 12.5. The molecule has 0 spiro atoms. The molecule has 0 bridgehead atoms. The van der Waals surface area contributed by atoms with E-state index in [-0.39, 0.29) is 11.8 Å². The molecule has 0 aliphatic rings. The highest BCUT2D eigenvalue weighted by atomic mass is 35.5. The molecule has 3 rings (SSSR count). The first-order chi connectivity index (χ1) is 16.4. The molecule has 8 heteroatoms. The first kappa shape index (κ1) is 25.1. The summed E-state index contributed by atoms with van der Waals surface area (Å²) in [6, 6.07) is 20.8. The smallest absolute Gasteiger partial charge is 0.267 e. The van der Waals surface area contributed by atoms with E-state index in [0.717, 1.165) is 22.6 Å². The van der Waals surface area contributed by atoms with E-state index in [0.29, 0.717) is 34.0 Å². The second-order valence-corrected chi connectivity index (χ2v) is 8.17. The van der Waals surface area contributed by atoms with Crippen LogP contribution in [0.3, 0.4) is 0 Å². The van der Waals surface area contributed by atoms with Gasteiger partial charge in [-0.2, -0.15) is 10.2 Å². The summed E-state index contributed by atoms with van der Waals surface area (Å²) in [5, 5.41) is 9.74. The molecule has 0 aromatic heterocycles. The number of hydrogen-bond acceptors (Lipinski definition) is 4. The molecule has 0 radical (unpaired) electrons. The van der Waals surface area contributed by atoms with E-state index < -0.39 is 0 Å². The Morgan fingerprint density at radius 3 is 1.18 bits per heavy atom. The minimum Gasteiger partial charge on any atom is -0.267 e. The third kappa shape index (κ3) is 6.76. The fraction of sp³-hybridized carbons (Fsp3) is 0.154. The summed E-state index contributed by atoms with van der Waals surface area (Å²) in [5.41, 5.74) is 9.11. The predicted molar refractivity (Wildman–Crippen MR) is 138 cm³/mol. The van der Waals surface area contributed by atoms with E-state index in [2.05, 4.69) is 21.1 Å². The molecule has 0 saturated carbocycles. The number of rotatable bonds is 8. The second-order valence-electron chi connectivity index (χ2n) is 7.30. The van der Waals surface area contributed by atoms with Crippen molar-refractivity contribution in [2.24, 2.45) is 10.2 Å². The molecule has 0 heterocycles. The standard InChI is InChI=1S/C26H24Cl2N4O2/c1-3-23(17-9-13-21(27)14-10-17)29-31-25(33)19-5-7-20(8-6-19)26(34)32-30-24(4-2)18-11-15-22(28)16-12-18/h5-16H,3-4H2,1-2H3,(H,31,33)(H,32,34)/b29-23+,30-24+. The molecule has 2 N–H and O–H groups in total. The maximum atomic E-state index is 12.5. The van der Waals surface area contributed by atoms with Crippen LogP contribution < -0.4 is 10.9 Å². The molecule has 0 aliphatic heterocycles. The van der Waals surface area contributed by atoms with Crippen molar-refractivity contribution in [3.05, 3.63) is 105 Å². The van der Waals surface area contributed by atoms with Gasteiger partial charge in [-0.1, -0.05) is 61.3 Å². The van der Waals surface area contributed by atoms with Crippen LogP contribution in [0.2, 0.25) is 10.0 Å². The summed E-state index contributed by atoms with van der Waals surface area (Å²) < 4.78 is 0. The molecular formula is C26H24Cl2N4O2. The van der Waals surface area contributed by atoms with Crippen molar-refractivity contribution in [3.63, 3.8) is 0 Å². The molecule has 0 unspecified atom stereocenters. The number of hydrogen-bond donors (Lipinski definition) is 2. The number of benzene rings is 3. The lowest BCUT2D eigenvalue weighted by molar-refractivity contribution is 0.0943. The molecule has 0 saturated heterocycles. The van der Waals surface area contributed by atoms with Crippen LogP contribution in [0, 0.1) is 0 Å². The number of carbonyl (C=O) groups excluding carboxylic acids is 2. The summed E-state index contributed by atoms with van der Waals surface area (Å²) in [7, 11) is 0. The number of carbonyl (C=O) groups is 2. The van der Waals surface area contributed by atoms with Gasteiger partial charge in [0.1, 0.15) is 0 Å². The van der Waals surface area contributed by atoms with Gasteiger partial charge in [-0.3, -0.25) is 9.59 Å². The van der Waals surface area contributed by atoms with Crippen molar-refractivity contribution in [2.45, 2.75) is 26.7 Å². The van der Waals surface area contributed by atoms with E-state index in [1.807, 2.05) is 38.1 Å². The average Bonchev–Trinajstić information content (AvgIpc) is 2.86. The zero-order valence-electron chi connectivity index (χ0n) is 18.8. The molecule has 3 aromatic carbocycles. The first-order valence-electron chi connectivity index (χ1n) is 10.8. The van der Waals surface area contributed by atoms with Gasteiger partial charge in [-0.05, 0) is 72.5 Å². The van der Waals surface area contributed by atoms with Crippen LogP contribution in [-0.2, 0) is 0 Å². The molecule has 0 atom stereocenters. The Labute approximate surface area is 208 Å². The number of nitrogens with zero attached hydrogens (tertiary/aromatic N) is 2. The maximum Gasteiger partial charge on any atom is 0.271 e. The monoisotopic (exact) mass is 494 g/mol. The topological polar surface area (TPSA) is 82.9 Å². The molecule has 0 fully saturated rings. The lowest BCUT2D eigenvalue weighted by Crippen LogP contribution is -2.21. The van der Waals surface area contributed by atoms with Crippen molar-refractivity contribution in [1.29, 1.82) is 0 Å². The van der Waals surface area contributed by atoms with E-state index in [9.17, 15) is 9.59 Å².